The molecule has 3 aromatic rings. The number of nitrogens with zero attached hydrogens (tertiary/aromatic N) is 1. The van der Waals surface area contributed by atoms with E-state index in [4.69, 9.17) is 0 Å². The maximum atomic E-state index is 12.9. The van der Waals surface area contributed by atoms with Crippen LogP contribution in [0.4, 0.5) is 0 Å². The summed E-state index contributed by atoms with van der Waals surface area (Å²) < 4.78 is 0. The van der Waals surface area contributed by atoms with Gasteiger partial charge in [0.2, 0.25) is 5.91 Å². The Balaban J connectivity index is 1.51. The van der Waals surface area contributed by atoms with E-state index in [-0.39, 0.29) is 23.9 Å². The van der Waals surface area contributed by atoms with Crippen LogP contribution < -0.4 is 10.9 Å². The molecule has 1 aliphatic carbocycles. The average Bonchev–Trinajstić information content (AvgIpc) is 3.31. The molecule has 31 heavy (non-hydrogen) atoms. The third kappa shape index (κ3) is 5.10. The van der Waals surface area contributed by atoms with Crippen LogP contribution in [0.3, 0.4) is 0 Å². The number of hydrogen-bond donors (Lipinski definition) is 2. The molecule has 5 nitrogen and oxygen atoms in total. The van der Waals surface area contributed by atoms with Gasteiger partial charge in [-0.25, -0.2) is 4.98 Å². The number of aryl methyl sites for hydroxylation is 3. The van der Waals surface area contributed by atoms with Gasteiger partial charge in [-0.2, -0.15) is 0 Å². The van der Waals surface area contributed by atoms with Crippen molar-refractivity contribution in [2.45, 2.75) is 56.6 Å². The van der Waals surface area contributed by atoms with Gasteiger partial charge in [0, 0.05) is 22.6 Å². The van der Waals surface area contributed by atoms with Gasteiger partial charge in [0.05, 0.1) is 6.04 Å². The van der Waals surface area contributed by atoms with Crippen molar-refractivity contribution in [1.82, 2.24) is 15.3 Å². The Bertz CT molecular complexity index is 1120. The van der Waals surface area contributed by atoms with Gasteiger partial charge in [-0.05, 0) is 73.4 Å². The van der Waals surface area contributed by atoms with Crippen LogP contribution in [0.15, 0.2) is 45.7 Å². The summed E-state index contributed by atoms with van der Waals surface area (Å²) in [6.45, 7) is 1.82. The number of carbonyl (C=O) groups excluding carboxylic acids is 1. The van der Waals surface area contributed by atoms with Gasteiger partial charge >= 0.3 is 0 Å². The number of benzene rings is 1. The molecule has 0 radical (unpaired) electrons. The Labute approximate surface area is 190 Å². The third-order valence-corrected chi connectivity index (χ3v) is 7.35. The standard InChI is InChI=1S/C24H27N3O2S2/c1-15-19(23(29)27-24(25-15)30-2)11-12-21(28)26-22(20-8-5-13-31-20)18-10-9-16-6-3-4-7-17(16)14-18/h5,8-10,13-14,22H,3-4,6-7,11-12H2,1-2H3,(H,26,28)(H,25,27,29). The number of fused-ring (bicyclic) bond motifs is 1. The zero-order valence-corrected chi connectivity index (χ0v) is 19.5. The molecule has 0 fully saturated rings. The van der Waals surface area contributed by atoms with Gasteiger partial charge in [0.1, 0.15) is 0 Å². The normalized spacial score (nSPS) is 14.1. The monoisotopic (exact) mass is 453 g/mol. The van der Waals surface area contributed by atoms with Crippen molar-refractivity contribution >= 4 is 29.0 Å². The van der Waals surface area contributed by atoms with Crippen molar-refractivity contribution in [1.29, 1.82) is 0 Å². The number of hydrogen-bond acceptors (Lipinski definition) is 5. The van der Waals surface area contributed by atoms with E-state index in [9.17, 15) is 9.59 Å². The van der Waals surface area contributed by atoms with Gasteiger partial charge in [0.15, 0.2) is 5.16 Å². The SMILES string of the molecule is CSc1nc(C)c(CCC(=O)NC(c2ccc3c(c2)CCCC3)c2cccs2)c(=O)[nH]1. The summed E-state index contributed by atoms with van der Waals surface area (Å²) in [4.78, 5) is 33.5. The molecule has 0 aliphatic heterocycles. The fraction of sp³-hybridized carbons (Fsp3) is 0.375. The Morgan fingerprint density at radius 3 is 2.77 bits per heavy atom. The molecule has 2 N–H and O–H groups in total. The first-order valence-electron chi connectivity index (χ1n) is 10.6. The van der Waals surface area contributed by atoms with E-state index >= 15 is 0 Å². The second kappa shape index (κ2) is 9.83. The van der Waals surface area contributed by atoms with E-state index in [2.05, 4.69) is 39.6 Å². The Kier molecular flexibility index (Phi) is 6.92. The molecule has 1 aromatic carbocycles. The van der Waals surface area contributed by atoms with E-state index in [1.54, 1.807) is 11.3 Å². The Morgan fingerprint density at radius 1 is 1.26 bits per heavy atom. The fourth-order valence-corrected chi connectivity index (χ4v) is 5.38. The summed E-state index contributed by atoms with van der Waals surface area (Å²) in [5, 5.41) is 5.84. The molecule has 2 heterocycles. The van der Waals surface area contributed by atoms with E-state index in [1.807, 2.05) is 24.6 Å². The average molecular weight is 454 g/mol. The topological polar surface area (TPSA) is 74.8 Å². The minimum atomic E-state index is -0.170. The highest BCUT2D eigenvalue weighted by atomic mass is 32.2. The molecule has 2 aromatic heterocycles. The number of amides is 1. The molecule has 0 saturated heterocycles. The lowest BCUT2D eigenvalue weighted by atomic mass is 9.89. The number of nitrogens with one attached hydrogen (secondary N) is 2. The van der Waals surface area contributed by atoms with E-state index in [0.29, 0.717) is 22.8 Å². The number of aromatic nitrogens is 2. The highest BCUT2D eigenvalue weighted by Crippen LogP contribution is 2.30. The van der Waals surface area contributed by atoms with Gasteiger partial charge < -0.3 is 10.3 Å². The van der Waals surface area contributed by atoms with E-state index in [0.717, 1.165) is 23.3 Å². The summed E-state index contributed by atoms with van der Waals surface area (Å²) in [5.41, 5.74) is 5.06. The van der Waals surface area contributed by atoms with E-state index < -0.39 is 0 Å². The molecule has 1 unspecified atom stereocenters. The molecule has 1 aliphatic rings. The molecule has 7 heteroatoms. The summed E-state index contributed by atoms with van der Waals surface area (Å²) in [6.07, 6.45) is 7.22. The van der Waals surface area contributed by atoms with Crippen molar-refractivity contribution in [2.24, 2.45) is 0 Å². The molecule has 1 amide bonds. The lowest BCUT2D eigenvalue weighted by molar-refractivity contribution is -0.121. The van der Waals surface area contributed by atoms with Crippen molar-refractivity contribution in [3.63, 3.8) is 0 Å². The van der Waals surface area contributed by atoms with Gasteiger partial charge in [-0.1, -0.05) is 36.0 Å². The lowest BCUT2D eigenvalue weighted by Crippen LogP contribution is -2.30. The number of H-pyrrole nitrogens is 1. The van der Waals surface area contributed by atoms with Crippen molar-refractivity contribution in [2.75, 3.05) is 6.26 Å². The van der Waals surface area contributed by atoms with Crippen LogP contribution >= 0.6 is 23.1 Å². The predicted octanol–water partition coefficient (Wildman–Crippen LogP) is 4.58. The summed E-state index contributed by atoms with van der Waals surface area (Å²) in [7, 11) is 0. The van der Waals surface area contributed by atoms with Gasteiger partial charge in [-0.15, -0.1) is 11.3 Å². The second-order valence-electron chi connectivity index (χ2n) is 7.89. The van der Waals surface area contributed by atoms with Crippen molar-refractivity contribution < 1.29 is 4.79 Å². The number of thiophene rings is 1. The van der Waals surface area contributed by atoms with Crippen LogP contribution in [0.2, 0.25) is 0 Å². The molecular weight excluding hydrogens is 426 g/mol. The zero-order valence-electron chi connectivity index (χ0n) is 17.9. The largest absolute Gasteiger partial charge is 0.344 e. The summed E-state index contributed by atoms with van der Waals surface area (Å²) in [5.74, 6) is -0.0659. The fourth-order valence-electron chi connectivity index (χ4n) is 4.15. The van der Waals surface area contributed by atoms with Crippen LogP contribution in [-0.4, -0.2) is 22.1 Å². The first kappa shape index (κ1) is 21.8. The highest BCUT2D eigenvalue weighted by molar-refractivity contribution is 7.98. The second-order valence-corrected chi connectivity index (χ2v) is 9.66. The van der Waals surface area contributed by atoms with Gasteiger partial charge in [-0.3, -0.25) is 9.59 Å². The van der Waals surface area contributed by atoms with Gasteiger partial charge in [0.25, 0.3) is 5.56 Å². The van der Waals surface area contributed by atoms with Crippen LogP contribution in [0.25, 0.3) is 0 Å². The Hall–Kier alpha value is -2.38. The molecule has 0 saturated carbocycles. The maximum Gasteiger partial charge on any atom is 0.254 e. The predicted molar refractivity (Wildman–Crippen MR) is 127 cm³/mol. The third-order valence-electron chi connectivity index (χ3n) is 5.83. The number of carbonyl (C=O) groups is 1. The summed E-state index contributed by atoms with van der Waals surface area (Å²) >= 11 is 3.05. The molecule has 0 spiro atoms. The van der Waals surface area contributed by atoms with E-state index in [1.165, 1.54) is 35.7 Å². The number of thioether (sulfide) groups is 1. The van der Waals surface area contributed by atoms with Crippen LogP contribution in [-0.2, 0) is 24.1 Å². The first-order valence-corrected chi connectivity index (χ1v) is 12.7. The van der Waals surface area contributed by atoms with Crippen molar-refractivity contribution in [3.8, 4) is 0 Å². The minimum absolute atomic E-state index is 0.0659. The number of rotatable bonds is 7. The lowest BCUT2D eigenvalue weighted by Gasteiger charge is -2.22. The molecule has 1 atom stereocenters. The van der Waals surface area contributed by atoms with Crippen LogP contribution in [0.1, 0.15) is 58.1 Å². The maximum absolute atomic E-state index is 12.9. The quantitative estimate of drug-likeness (QED) is 0.406. The Morgan fingerprint density at radius 2 is 2.06 bits per heavy atom. The first-order chi connectivity index (χ1) is 15.0. The molecular formula is C24H27N3O2S2. The molecule has 162 valence electrons. The van der Waals surface area contributed by atoms with Crippen molar-refractivity contribution in [3.05, 3.63) is 78.9 Å². The van der Waals surface area contributed by atoms with Crippen LogP contribution in [0, 0.1) is 6.92 Å². The highest BCUT2D eigenvalue weighted by Gasteiger charge is 2.20. The molecule has 0 bridgehead atoms. The zero-order chi connectivity index (χ0) is 21.8. The number of aromatic amines is 1. The summed E-state index contributed by atoms with van der Waals surface area (Å²) in [6, 6.07) is 10.5. The smallest absolute Gasteiger partial charge is 0.254 e. The molecule has 4 rings (SSSR count). The minimum Gasteiger partial charge on any atom is -0.344 e. The van der Waals surface area contributed by atoms with Crippen LogP contribution in [0.5, 0.6) is 0 Å².